The van der Waals surface area contributed by atoms with Crippen molar-refractivity contribution in [1.82, 2.24) is 5.32 Å². The largest absolute Gasteiger partial charge is 0.465 e. The van der Waals surface area contributed by atoms with Crippen molar-refractivity contribution in [3.8, 4) is 0 Å². The number of hydrogen-bond acceptors (Lipinski definition) is 3. The first-order valence-electron chi connectivity index (χ1n) is 5.58. The lowest BCUT2D eigenvalue weighted by Crippen LogP contribution is -2.42. The van der Waals surface area contributed by atoms with Gasteiger partial charge in [0.15, 0.2) is 0 Å². The minimum absolute atomic E-state index is 0.116. The second-order valence-electron chi connectivity index (χ2n) is 3.57. The Morgan fingerprint density at radius 2 is 2.00 bits per heavy atom. The van der Waals surface area contributed by atoms with Crippen LogP contribution in [0.4, 0.5) is 0 Å². The van der Waals surface area contributed by atoms with E-state index in [-0.39, 0.29) is 12.0 Å². The number of carbonyl (C=O) groups is 1. The van der Waals surface area contributed by atoms with Crippen molar-refractivity contribution < 1.29 is 9.53 Å². The topological polar surface area (TPSA) is 38.3 Å². The van der Waals surface area contributed by atoms with Crippen molar-refractivity contribution in [2.45, 2.75) is 59.0 Å². The van der Waals surface area contributed by atoms with E-state index in [2.05, 4.69) is 26.1 Å². The lowest BCUT2D eigenvalue weighted by Gasteiger charge is -2.20. The quantitative estimate of drug-likeness (QED) is 0.641. The molecule has 0 aromatic carbocycles. The summed E-state index contributed by atoms with van der Waals surface area (Å²) >= 11 is 0. The van der Waals surface area contributed by atoms with Crippen LogP contribution in [0.1, 0.15) is 47.0 Å². The average molecular weight is 201 g/mol. The third kappa shape index (κ3) is 5.22. The van der Waals surface area contributed by atoms with Crippen molar-refractivity contribution in [2.24, 2.45) is 0 Å². The fraction of sp³-hybridized carbons (Fsp3) is 0.909. The van der Waals surface area contributed by atoms with Crippen molar-refractivity contribution >= 4 is 5.97 Å². The van der Waals surface area contributed by atoms with Crippen LogP contribution in [0.3, 0.4) is 0 Å². The van der Waals surface area contributed by atoms with Crippen LogP contribution < -0.4 is 5.32 Å². The Morgan fingerprint density at radius 1 is 1.36 bits per heavy atom. The Balaban J connectivity index is 4.06. The molecule has 0 saturated carbocycles. The standard InChI is InChI=1S/C11H23NO2/c1-5-8-10(11(13)14-7-3)12-9(4)6-2/h9-10,12H,5-8H2,1-4H3. The van der Waals surface area contributed by atoms with E-state index in [0.29, 0.717) is 12.6 Å². The van der Waals surface area contributed by atoms with E-state index >= 15 is 0 Å². The van der Waals surface area contributed by atoms with Gasteiger partial charge in [0, 0.05) is 6.04 Å². The van der Waals surface area contributed by atoms with Crippen molar-refractivity contribution in [2.75, 3.05) is 6.61 Å². The maximum atomic E-state index is 11.5. The van der Waals surface area contributed by atoms with Crippen molar-refractivity contribution in [3.63, 3.8) is 0 Å². The van der Waals surface area contributed by atoms with Gasteiger partial charge in [0.2, 0.25) is 0 Å². The molecule has 0 heterocycles. The zero-order chi connectivity index (χ0) is 11.0. The minimum atomic E-state index is -0.130. The van der Waals surface area contributed by atoms with Gasteiger partial charge in [0.05, 0.1) is 6.61 Å². The van der Waals surface area contributed by atoms with Gasteiger partial charge < -0.3 is 10.1 Å². The normalized spacial score (nSPS) is 14.9. The summed E-state index contributed by atoms with van der Waals surface area (Å²) in [6.45, 7) is 8.56. The molecule has 0 saturated heterocycles. The lowest BCUT2D eigenvalue weighted by molar-refractivity contribution is -0.146. The molecule has 14 heavy (non-hydrogen) atoms. The number of carbonyl (C=O) groups excluding carboxylic acids is 1. The Bertz CT molecular complexity index is 159. The molecule has 0 aromatic heterocycles. The van der Waals surface area contributed by atoms with Gasteiger partial charge in [-0.3, -0.25) is 4.79 Å². The molecule has 0 aromatic rings. The van der Waals surface area contributed by atoms with E-state index in [9.17, 15) is 4.79 Å². The highest BCUT2D eigenvalue weighted by atomic mass is 16.5. The maximum Gasteiger partial charge on any atom is 0.323 e. The summed E-state index contributed by atoms with van der Waals surface area (Å²) in [5.74, 6) is -0.116. The van der Waals surface area contributed by atoms with Crippen LogP contribution in [0.15, 0.2) is 0 Å². The van der Waals surface area contributed by atoms with Gasteiger partial charge in [-0.15, -0.1) is 0 Å². The fourth-order valence-corrected chi connectivity index (χ4v) is 1.26. The summed E-state index contributed by atoms with van der Waals surface area (Å²) in [6.07, 6.45) is 2.87. The predicted molar refractivity (Wildman–Crippen MR) is 58.2 cm³/mol. The smallest absolute Gasteiger partial charge is 0.323 e. The van der Waals surface area contributed by atoms with Gasteiger partial charge in [0.25, 0.3) is 0 Å². The predicted octanol–water partition coefficient (Wildman–Crippen LogP) is 2.11. The molecular formula is C11H23NO2. The minimum Gasteiger partial charge on any atom is -0.465 e. The average Bonchev–Trinajstić information content (AvgIpc) is 2.17. The Labute approximate surface area is 87.2 Å². The van der Waals surface area contributed by atoms with E-state index in [1.54, 1.807) is 0 Å². The molecule has 0 spiro atoms. The SMILES string of the molecule is CCCC(NC(C)CC)C(=O)OCC. The second-order valence-corrected chi connectivity index (χ2v) is 3.57. The summed E-state index contributed by atoms with van der Waals surface area (Å²) in [5, 5.41) is 3.28. The Morgan fingerprint density at radius 3 is 2.43 bits per heavy atom. The van der Waals surface area contributed by atoms with E-state index in [4.69, 9.17) is 4.74 Å². The first kappa shape index (κ1) is 13.4. The van der Waals surface area contributed by atoms with E-state index in [1.807, 2.05) is 6.92 Å². The molecular weight excluding hydrogens is 178 g/mol. The highest BCUT2D eigenvalue weighted by molar-refractivity contribution is 5.75. The highest BCUT2D eigenvalue weighted by Gasteiger charge is 2.19. The molecule has 0 fully saturated rings. The zero-order valence-corrected chi connectivity index (χ0v) is 9.80. The third-order valence-electron chi connectivity index (χ3n) is 2.25. The summed E-state index contributed by atoms with van der Waals surface area (Å²) in [6, 6.07) is 0.242. The number of hydrogen-bond donors (Lipinski definition) is 1. The number of ether oxygens (including phenoxy) is 1. The van der Waals surface area contributed by atoms with Gasteiger partial charge >= 0.3 is 5.97 Å². The van der Waals surface area contributed by atoms with Crippen LogP contribution in [0.25, 0.3) is 0 Å². The number of esters is 1. The number of rotatable bonds is 7. The van der Waals surface area contributed by atoms with Crippen LogP contribution in [0, 0.1) is 0 Å². The molecule has 0 rings (SSSR count). The highest BCUT2D eigenvalue weighted by Crippen LogP contribution is 2.02. The summed E-state index contributed by atoms with van der Waals surface area (Å²) in [7, 11) is 0. The molecule has 0 radical (unpaired) electrons. The molecule has 0 bridgehead atoms. The van der Waals surface area contributed by atoms with E-state index < -0.39 is 0 Å². The van der Waals surface area contributed by atoms with Crippen LogP contribution in [0.5, 0.6) is 0 Å². The summed E-state index contributed by atoms with van der Waals surface area (Å²) < 4.78 is 5.00. The zero-order valence-electron chi connectivity index (χ0n) is 9.80. The van der Waals surface area contributed by atoms with Crippen LogP contribution in [-0.2, 0) is 9.53 Å². The van der Waals surface area contributed by atoms with Crippen LogP contribution in [0.2, 0.25) is 0 Å². The molecule has 3 nitrogen and oxygen atoms in total. The molecule has 2 unspecified atom stereocenters. The van der Waals surface area contributed by atoms with Gasteiger partial charge in [-0.05, 0) is 26.7 Å². The monoisotopic (exact) mass is 201 g/mol. The molecule has 0 amide bonds. The third-order valence-corrected chi connectivity index (χ3v) is 2.25. The molecule has 0 aliphatic heterocycles. The molecule has 1 N–H and O–H groups in total. The molecule has 3 heteroatoms. The molecule has 0 aliphatic carbocycles. The van der Waals surface area contributed by atoms with E-state index in [1.165, 1.54) is 0 Å². The van der Waals surface area contributed by atoms with Crippen LogP contribution in [-0.4, -0.2) is 24.7 Å². The van der Waals surface area contributed by atoms with Gasteiger partial charge in [-0.1, -0.05) is 20.3 Å². The second kappa shape index (κ2) is 7.80. The van der Waals surface area contributed by atoms with Crippen molar-refractivity contribution in [3.05, 3.63) is 0 Å². The molecule has 84 valence electrons. The van der Waals surface area contributed by atoms with Crippen LogP contribution >= 0.6 is 0 Å². The number of nitrogens with one attached hydrogen (secondary N) is 1. The summed E-state index contributed by atoms with van der Waals surface area (Å²) in [4.78, 5) is 11.5. The molecule has 0 aliphatic rings. The summed E-state index contributed by atoms with van der Waals surface area (Å²) in [5.41, 5.74) is 0. The van der Waals surface area contributed by atoms with Gasteiger partial charge in [-0.2, -0.15) is 0 Å². The lowest BCUT2D eigenvalue weighted by atomic mass is 10.1. The van der Waals surface area contributed by atoms with E-state index in [0.717, 1.165) is 19.3 Å². The Hall–Kier alpha value is -0.570. The maximum absolute atomic E-state index is 11.5. The van der Waals surface area contributed by atoms with Gasteiger partial charge in [0.1, 0.15) is 6.04 Å². The molecule has 2 atom stereocenters. The Kier molecular flexibility index (Phi) is 7.48. The fourth-order valence-electron chi connectivity index (χ4n) is 1.26. The van der Waals surface area contributed by atoms with Crippen molar-refractivity contribution in [1.29, 1.82) is 0 Å². The first-order valence-corrected chi connectivity index (χ1v) is 5.58. The van der Waals surface area contributed by atoms with Gasteiger partial charge in [-0.25, -0.2) is 0 Å². The first-order chi connectivity index (χ1) is 6.65.